The Morgan fingerprint density at radius 2 is 2.12 bits per heavy atom. The van der Waals surface area contributed by atoms with Crippen LogP contribution in [0, 0.1) is 5.92 Å². The molecule has 0 spiro atoms. The van der Waals surface area contributed by atoms with Gasteiger partial charge in [0.25, 0.3) is 0 Å². The van der Waals surface area contributed by atoms with Crippen molar-refractivity contribution in [2.45, 2.75) is 26.1 Å². The molecule has 0 aromatic carbocycles. The van der Waals surface area contributed by atoms with Gasteiger partial charge in [-0.25, -0.2) is 0 Å². The molecule has 1 aromatic rings. The van der Waals surface area contributed by atoms with Crippen molar-refractivity contribution in [1.29, 1.82) is 0 Å². The number of nitrogens with one attached hydrogen (secondary N) is 1. The van der Waals surface area contributed by atoms with E-state index in [1.807, 2.05) is 25.5 Å². The van der Waals surface area contributed by atoms with Crippen molar-refractivity contribution in [2.75, 3.05) is 19.9 Å². The number of hydrogen-bond donors (Lipinski definition) is 1. The lowest BCUT2D eigenvalue weighted by Gasteiger charge is -2.23. The first-order valence-electron chi connectivity index (χ1n) is 6.09. The Morgan fingerprint density at radius 1 is 1.41 bits per heavy atom. The van der Waals surface area contributed by atoms with Crippen molar-refractivity contribution in [1.82, 2.24) is 10.3 Å². The molecule has 0 radical (unpaired) electrons. The van der Waals surface area contributed by atoms with Crippen molar-refractivity contribution >= 4 is 7.14 Å². The van der Waals surface area contributed by atoms with E-state index in [2.05, 4.69) is 24.1 Å². The van der Waals surface area contributed by atoms with Crippen LogP contribution in [0.2, 0.25) is 0 Å². The molecule has 0 saturated heterocycles. The number of nitrogens with zero attached hydrogens (tertiary/aromatic N) is 1. The van der Waals surface area contributed by atoms with E-state index in [9.17, 15) is 4.57 Å². The zero-order valence-corrected chi connectivity index (χ0v) is 12.1. The first-order valence-corrected chi connectivity index (χ1v) is 8.76. The van der Waals surface area contributed by atoms with Gasteiger partial charge in [0.05, 0.1) is 5.78 Å². The molecule has 0 amide bonds. The van der Waals surface area contributed by atoms with E-state index in [1.165, 1.54) is 0 Å². The molecule has 0 unspecified atom stereocenters. The smallest absolute Gasteiger partial charge is 0.102 e. The quantitative estimate of drug-likeness (QED) is 0.792. The van der Waals surface area contributed by atoms with Crippen LogP contribution in [0.15, 0.2) is 24.5 Å². The van der Waals surface area contributed by atoms with Crippen LogP contribution in [-0.2, 0) is 4.57 Å². The average molecular weight is 254 g/mol. The third-order valence-electron chi connectivity index (χ3n) is 2.68. The highest BCUT2D eigenvalue weighted by molar-refractivity contribution is 7.62. The number of aromatic nitrogens is 1. The van der Waals surface area contributed by atoms with E-state index in [0.29, 0.717) is 5.92 Å². The van der Waals surface area contributed by atoms with Gasteiger partial charge in [-0.05, 0) is 43.8 Å². The predicted molar refractivity (Wildman–Crippen MR) is 73.9 cm³/mol. The molecule has 1 aromatic heterocycles. The molecule has 0 aliphatic heterocycles. The second-order valence-corrected chi connectivity index (χ2v) is 8.64. The third kappa shape index (κ3) is 5.01. The highest BCUT2D eigenvalue weighted by Crippen LogP contribution is 2.50. The van der Waals surface area contributed by atoms with Gasteiger partial charge in [-0.1, -0.05) is 19.9 Å². The van der Waals surface area contributed by atoms with E-state index in [-0.39, 0.29) is 5.78 Å². The zero-order chi connectivity index (χ0) is 12.9. The van der Waals surface area contributed by atoms with E-state index in [0.717, 1.165) is 18.5 Å². The number of pyridine rings is 1. The first-order chi connectivity index (χ1) is 7.91. The summed E-state index contributed by atoms with van der Waals surface area (Å²) in [7, 11) is -2.21. The largest absolute Gasteiger partial charge is 0.322 e. The molecule has 4 heteroatoms. The summed E-state index contributed by atoms with van der Waals surface area (Å²) in [6, 6.07) is 3.88. The minimum Gasteiger partial charge on any atom is -0.322 e. The third-order valence-corrected chi connectivity index (χ3v) is 4.41. The molecule has 96 valence electrons. The number of hydrogen-bond acceptors (Lipinski definition) is 3. The minimum absolute atomic E-state index is 0.0741. The second-order valence-electron chi connectivity index (χ2n) is 5.26. The Labute approximate surface area is 104 Å². The fourth-order valence-corrected chi connectivity index (χ4v) is 3.18. The standard InChI is InChI=1S/C13H23N2OP/c1-11(2)7-9-15-13(17(3,4)16)12-6-5-8-14-10-12/h5-6,8,10-11,13,15H,7,9H2,1-4H3/t13-/m0/s1. The topological polar surface area (TPSA) is 42.0 Å². The van der Waals surface area contributed by atoms with Crippen LogP contribution in [-0.4, -0.2) is 24.9 Å². The first kappa shape index (κ1) is 14.4. The summed E-state index contributed by atoms with van der Waals surface area (Å²) in [6.07, 6.45) is 4.63. The van der Waals surface area contributed by atoms with Crippen molar-refractivity contribution < 1.29 is 4.57 Å². The summed E-state index contributed by atoms with van der Waals surface area (Å²) in [5, 5.41) is 3.40. The van der Waals surface area contributed by atoms with Gasteiger partial charge in [-0.3, -0.25) is 4.98 Å². The summed E-state index contributed by atoms with van der Waals surface area (Å²) in [5.74, 6) is 0.583. The molecular weight excluding hydrogens is 231 g/mol. The normalized spacial score (nSPS) is 13.9. The summed E-state index contributed by atoms with van der Waals surface area (Å²) in [4.78, 5) is 4.10. The van der Waals surface area contributed by atoms with Crippen LogP contribution in [0.25, 0.3) is 0 Å². The maximum Gasteiger partial charge on any atom is 0.102 e. The molecule has 0 aliphatic rings. The molecule has 1 atom stereocenters. The maximum atomic E-state index is 12.3. The molecular formula is C13H23N2OP. The van der Waals surface area contributed by atoms with Crippen molar-refractivity contribution in [2.24, 2.45) is 5.92 Å². The van der Waals surface area contributed by atoms with E-state index >= 15 is 0 Å². The van der Waals surface area contributed by atoms with E-state index < -0.39 is 7.14 Å². The summed E-state index contributed by atoms with van der Waals surface area (Å²) in [5.41, 5.74) is 1.02. The lowest BCUT2D eigenvalue weighted by Crippen LogP contribution is -2.23. The van der Waals surface area contributed by atoms with Crippen LogP contribution < -0.4 is 5.32 Å². The molecule has 1 N–H and O–H groups in total. The second kappa shape index (κ2) is 6.32. The highest BCUT2D eigenvalue weighted by atomic mass is 31.2. The van der Waals surface area contributed by atoms with Gasteiger partial charge < -0.3 is 9.88 Å². The maximum absolute atomic E-state index is 12.3. The van der Waals surface area contributed by atoms with Gasteiger partial charge >= 0.3 is 0 Å². The molecule has 0 saturated carbocycles. The SMILES string of the molecule is CC(C)CCN[C@H](c1cccnc1)P(C)(C)=O. The van der Waals surface area contributed by atoms with Crippen LogP contribution >= 0.6 is 7.14 Å². The summed E-state index contributed by atoms with van der Waals surface area (Å²) >= 11 is 0. The van der Waals surface area contributed by atoms with Gasteiger partial charge in [0.2, 0.25) is 0 Å². The van der Waals surface area contributed by atoms with Gasteiger partial charge in [0, 0.05) is 12.4 Å². The van der Waals surface area contributed by atoms with Crippen LogP contribution in [0.1, 0.15) is 31.6 Å². The lowest BCUT2D eigenvalue weighted by atomic mass is 10.1. The van der Waals surface area contributed by atoms with Gasteiger partial charge in [0.15, 0.2) is 0 Å². The van der Waals surface area contributed by atoms with E-state index in [1.54, 1.807) is 12.4 Å². The predicted octanol–water partition coefficient (Wildman–Crippen LogP) is 3.34. The Morgan fingerprint density at radius 3 is 2.59 bits per heavy atom. The fraction of sp³-hybridized carbons (Fsp3) is 0.615. The lowest BCUT2D eigenvalue weighted by molar-refractivity contribution is 0.512. The molecule has 1 rings (SSSR count). The molecule has 1 heterocycles. The molecule has 0 fully saturated rings. The minimum atomic E-state index is -2.21. The van der Waals surface area contributed by atoms with Crippen LogP contribution in [0.4, 0.5) is 0 Å². The Kier molecular flexibility index (Phi) is 5.35. The summed E-state index contributed by atoms with van der Waals surface area (Å²) < 4.78 is 12.3. The molecule has 0 bridgehead atoms. The Balaban J connectivity index is 2.73. The molecule has 0 aliphatic carbocycles. The van der Waals surface area contributed by atoms with Crippen LogP contribution in [0.5, 0.6) is 0 Å². The van der Waals surface area contributed by atoms with Crippen molar-refractivity contribution in [3.8, 4) is 0 Å². The number of rotatable bonds is 6. The van der Waals surface area contributed by atoms with Gasteiger partial charge in [-0.2, -0.15) is 0 Å². The zero-order valence-electron chi connectivity index (χ0n) is 11.2. The van der Waals surface area contributed by atoms with Gasteiger partial charge in [0.1, 0.15) is 7.14 Å². The van der Waals surface area contributed by atoms with Crippen molar-refractivity contribution in [3.63, 3.8) is 0 Å². The Hall–Kier alpha value is -0.660. The average Bonchev–Trinajstić information content (AvgIpc) is 2.23. The van der Waals surface area contributed by atoms with Crippen LogP contribution in [0.3, 0.4) is 0 Å². The van der Waals surface area contributed by atoms with E-state index in [4.69, 9.17) is 0 Å². The molecule has 3 nitrogen and oxygen atoms in total. The fourth-order valence-electron chi connectivity index (χ4n) is 1.74. The molecule has 17 heavy (non-hydrogen) atoms. The van der Waals surface area contributed by atoms with Gasteiger partial charge in [-0.15, -0.1) is 0 Å². The summed E-state index contributed by atoms with van der Waals surface area (Å²) in [6.45, 7) is 8.93. The highest BCUT2D eigenvalue weighted by Gasteiger charge is 2.24. The Bertz CT molecular complexity index is 372. The van der Waals surface area contributed by atoms with Crippen molar-refractivity contribution in [3.05, 3.63) is 30.1 Å². The monoisotopic (exact) mass is 254 g/mol.